The second kappa shape index (κ2) is 2.86. The van der Waals surface area contributed by atoms with Gasteiger partial charge in [0.1, 0.15) is 0 Å². The van der Waals surface area contributed by atoms with Crippen LogP contribution in [0.1, 0.15) is 11.1 Å². The first-order valence-electron chi connectivity index (χ1n) is 4.63. The summed E-state index contributed by atoms with van der Waals surface area (Å²) < 4.78 is 0. The fraction of sp³-hybridized carbons (Fsp3) is 0.0769. The van der Waals surface area contributed by atoms with E-state index >= 15 is 0 Å². The number of fused-ring (bicyclic) bond motifs is 3. The zero-order chi connectivity index (χ0) is 9.54. The first-order chi connectivity index (χ1) is 6.84. The van der Waals surface area contributed by atoms with Crippen LogP contribution in [0.15, 0.2) is 36.4 Å². The monoisotopic (exact) mass is 199 g/mol. The fourth-order valence-electron chi connectivity index (χ4n) is 2.03. The van der Waals surface area contributed by atoms with Crippen LogP contribution in [-0.2, 0) is 6.42 Å². The summed E-state index contributed by atoms with van der Waals surface area (Å²) in [6, 6.07) is 15.7. The van der Waals surface area contributed by atoms with Gasteiger partial charge in [-0.25, -0.2) is 0 Å². The molecule has 0 saturated heterocycles. The zero-order valence-corrected chi connectivity index (χ0v) is 8.31. The van der Waals surface area contributed by atoms with E-state index in [0.717, 1.165) is 6.42 Å². The minimum Gasteiger partial charge on any atom is -0.0837 e. The second-order valence-electron chi connectivity index (χ2n) is 3.53. The van der Waals surface area contributed by atoms with Crippen LogP contribution in [0, 0.1) is 6.07 Å². The number of rotatable bonds is 0. The van der Waals surface area contributed by atoms with Crippen molar-refractivity contribution in [2.45, 2.75) is 6.42 Å². The molecule has 3 rings (SSSR count). The molecule has 0 spiro atoms. The molecule has 0 atom stereocenters. The van der Waals surface area contributed by atoms with Crippen molar-refractivity contribution in [1.29, 1.82) is 0 Å². The third-order valence-corrected chi connectivity index (χ3v) is 2.89. The van der Waals surface area contributed by atoms with E-state index in [2.05, 4.69) is 36.4 Å². The highest BCUT2D eigenvalue weighted by molar-refractivity contribution is 6.30. The van der Waals surface area contributed by atoms with Crippen LogP contribution in [0.4, 0.5) is 0 Å². The van der Waals surface area contributed by atoms with Crippen LogP contribution in [0.25, 0.3) is 11.1 Å². The van der Waals surface area contributed by atoms with E-state index in [1.54, 1.807) is 0 Å². The maximum Gasteiger partial charge on any atom is 0.0488 e. The highest BCUT2D eigenvalue weighted by Crippen LogP contribution is 2.36. The lowest BCUT2D eigenvalue weighted by Gasteiger charge is -1.99. The Balaban J connectivity index is 2.27. The summed E-state index contributed by atoms with van der Waals surface area (Å²) in [6.45, 7) is 0. The van der Waals surface area contributed by atoms with Gasteiger partial charge in [-0.3, -0.25) is 0 Å². The first-order valence-corrected chi connectivity index (χ1v) is 5.01. The van der Waals surface area contributed by atoms with Gasteiger partial charge in [-0.2, -0.15) is 0 Å². The molecular weight excluding hydrogens is 192 g/mol. The summed E-state index contributed by atoms with van der Waals surface area (Å²) >= 11 is 5.91. The second-order valence-corrected chi connectivity index (χ2v) is 3.94. The van der Waals surface area contributed by atoms with Crippen LogP contribution in [0.2, 0.25) is 5.02 Å². The van der Waals surface area contributed by atoms with Crippen molar-refractivity contribution in [3.63, 3.8) is 0 Å². The molecule has 0 N–H and O–H groups in total. The number of benzene rings is 2. The highest BCUT2D eigenvalue weighted by atomic mass is 35.5. The van der Waals surface area contributed by atoms with Crippen LogP contribution in [0.5, 0.6) is 0 Å². The average molecular weight is 200 g/mol. The topological polar surface area (TPSA) is 0 Å². The summed E-state index contributed by atoms with van der Waals surface area (Å²) in [5.41, 5.74) is 5.21. The molecule has 0 saturated carbocycles. The van der Waals surface area contributed by atoms with Crippen molar-refractivity contribution in [2.24, 2.45) is 0 Å². The van der Waals surface area contributed by atoms with Gasteiger partial charge in [0, 0.05) is 11.1 Å². The van der Waals surface area contributed by atoms with Gasteiger partial charge in [-0.05, 0) is 34.7 Å². The van der Waals surface area contributed by atoms with E-state index < -0.39 is 0 Å². The van der Waals surface area contributed by atoms with Crippen molar-refractivity contribution in [1.82, 2.24) is 0 Å². The Hall–Kier alpha value is -1.27. The molecule has 0 aliphatic heterocycles. The van der Waals surface area contributed by atoms with E-state index in [0.29, 0.717) is 5.02 Å². The highest BCUT2D eigenvalue weighted by Gasteiger charge is 2.17. The number of hydrogen-bond donors (Lipinski definition) is 0. The Morgan fingerprint density at radius 3 is 2.79 bits per heavy atom. The third kappa shape index (κ3) is 1.08. The van der Waals surface area contributed by atoms with Gasteiger partial charge < -0.3 is 0 Å². The molecule has 0 heterocycles. The number of hydrogen-bond acceptors (Lipinski definition) is 0. The molecule has 1 radical (unpaired) electrons. The normalized spacial score (nSPS) is 12.4. The largest absolute Gasteiger partial charge is 0.0837 e. The minimum absolute atomic E-state index is 0.705. The Morgan fingerprint density at radius 1 is 1.00 bits per heavy atom. The molecule has 2 aromatic rings. The molecule has 2 aromatic carbocycles. The minimum atomic E-state index is 0.705. The van der Waals surface area contributed by atoms with Crippen LogP contribution >= 0.6 is 11.6 Å². The van der Waals surface area contributed by atoms with E-state index in [1.165, 1.54) is 22.3 Å². The first kappa shape index (κ1) is 8.07. The summed E-state index contributed by atoms with van der Waals surface area (Å²) in [6.07, 6.45) is 0.964. The zero-order valence-electron chi connectivity index (χ0n) is 7.55. The molecule has 67 valence electrons. The van der Waals surface area contributed by atoms with Crippen molar-refractivity contribution >= 4 is 11.6 Å². The van der Waals surface area contributed by atoms with Crippen molar-refractivity contribution in [3.05, 3.63) is 58.6 Å². The Labute approximate surface area is 88.2 Å². The van der Waals surface area contributed by atoms with E-state index in [4.69, 9.17) is 11.6 Å². The van der Waals surface area contributed by atoms with Gasteiger partial charge >= 0.3 is 0 Å². The maximum atomic E-state index is 5.91. The van der Waals surface area contributed by atoms with E-state index in [1.807, 2.05) is 6.07 Å². The van der Waals surface area contributed by atoms with Gasteiger partial charge in [0.2, 0.25) is 0 Å². The lowest BCUT2D eigenvalue weighted by atomic mass is 10.1. The lowest BCUT2D eigenvalue weighted by molar-refractivity contribution is 1.26. The molecule has 1 heteroatoms. The molecule has 0 bridgehead atoms. The van der Waals surface area contributed by atoms with Crippen LogP contribution in [-0.4, -0.2) is 0 Å². The summed E-state index contributed by atoms with van der Waals surface area (Å²) in [5, 5.41) is 0.705. The smallest absolute Gasteiger partial charge is 0.0488 e. The van der Waals surface area contributed by atoms with Crippen molar-refractivity contribution < 1.29 is 0 Å². The standard InChI is InChI=1S/C13H8Cl/c14-11-5-6-13-10(8-11)7-9-3-1-2-4-12(9)13/h1-6H,7H2. The van der Waals surface area contributed by atoms with Gasteiger partial charge in [-0.1, -0.05) is 41.9 Å². The van der Waals surface area contributed by atoms with Gasteiger partial charge in [0.25, 0.3) is 0 Å². The third-order valence-electron chi connectivity index (χ3n) is 2.67. The number of halogens is 1. The quantitative estimate of drug-likeness (QED) is 0.518. The van der Waals surface area contributed by atoms with Gasteiger partial charge in [0.05, 0.1) is 0 Å². The lowest BCUT2D eigenvalue weighted by Crippen LogP contribution is -1.79. The van der Waals surface area contributed by atoms with Gasteiger partial charge in [0.15, 0.2) is 0 Å². The Bertz CT molecular complexity index is 500. The molecule has 1 aliphatic rings. The predicted octanol–water partition coefficient (Wildman–Crippen LogP) is 3.71. The molecule has 14 heavy (non-hydrogen) atoms. The molecule has 0 nitrogen and oxygen atoms in total. The SMILES string of the molecule is Clc1[c]c2c(cc1)-c1ccccc1C2. The van der Waals surface area contributed by atoms with Crippen molar-refractivity contribution in [2.75, 3.05) is 0 Å². The Kier molecular flexibility index (Phi) is 1.65. The summed E-state index contributed by atoms with van der Waals surface area (Å²) in [4.78, 5) is 0. The maximum absolute atomic E-state index is 5.91. The van der Waals surface area contributed by atoms with Crippen LogP contribution < -0.4 is 0 Å². The molecule has 0 unspecified atom stereocenters. The predicted molar refractivity (Wildman–Crippen MR) is 58.5 cm³/mol. The van der Waals surface area contributed by atoms with E-state index in [9.17, 15) is 0 Å². The van der Waals surface area contributed by atoms with Gasteiger partial charge in [-0.15, -0.1) is 0 Å². The Morgan fingerprint density at radius 2 is 1.86 bits per heavy atom. The molecule has 0 aromatic heterocycles. The summed E-state index contributed by atoms with van der Waals surface area (Å²) in [7, 11) is 0. The van der Waals surface area contributed by atoms with Crippen molar-refractivity contribution in [3.8, 4) is 11.1 Å². The molecule has 0 fully saturated rings. The van der Waals surface area contributed by atoms with Crippen LogP contribution in [0.3, 0.4) is 0 Å². The summed E-state index contributed by atoms with van der Waals surface area (Å²) in [5.74, 6) is 0. The molecular formula is C13H8Cl. The average Bonchev–Trinajstić information content (AvgIpc) is 2.54. The fourth-order valence-corrected chi connectivity index (χ4v) is 2.21. The molecule has 1 aliphatic carbocycles. The van der Waals surface area contributed by atoms with E-state index in [-0.39, 0.29) is 0 Å². The molecule has 0 amide bonds.